The normalized spacial score (nSPS) is 10.7. The fourth-order valence-electron chi connectivity index (χ4n) is 0.988. The van der Waals surface area contributed by atoms with E-state index in [9.17, 15) is 4.79 Å². The van der Waals surface area contributed by atoms with Gasteiger partial charge in [-0.15, -0.1) is 0 Å². The van der Waals surface area contributed by atoms with Gasteiger partial charge in [-0.05, 0) is 0 Å². The molecule has 0 spiro atoms. The number of fused-ring (bicyclic) bond motifs is 1. The first-order chi connectivity index (χ1) is 5.66. The monoisotopic (exact) mass is 183 g/mol. The molecule has 0 aliphatic carbocycles. The number of aromatic hydroxyl groups is 1. The van der Waals surface area contributed by atoms with Gasteiger partial charge in [-0.1, -0.05) is 11.3 Å². The van der Waals surface area contributed by atoms with Crippen LogP contribution in [-0.4, -0.2) is 5.11 Å². The van der Waals surface area contributed by atoms with Crippen LogP contribution in [0.3, 0.4) is 0 Å². The van der Waals surface area contributed by atoms with Crippen molar-refractivity contribution in [1.82, 2.24) is 0 Å². The number of hydrogen-bond acceptors (Lipinski definition) is 5. The second-order valence-electron chi connectivity index (χ2n) is 2.32. The van der Waals surface area contributed by atoms with Crippen LogP contribution in [0.2, 0.25) is 0 Å². The van der Waals surface area contributed by atoms with Crippen LogP contribution in [0.15, 0.2) is 21.3 Å². The predicted molar refractivity (Wildman–Crippen MR) is 46.4 cm³/mol. The van der Waals surface area contributed by atoms with Crippen molar-refractivity contribution in [3.8, 4) is 5.75 Å². The Hall–Kier alpha value is -1.49. The van der Waals surface area contributed by atoms with Crippen LogP contribution < -0.4 is 10.7 Å². The van der Waals surface area contributed by atoms with Crippen LogP contribution in [0.4, 0.5) is 5.69 Å². The quantitative estimate of drug-likeness (QED) is 0.600. The first-order valence-electron chi connectivity index (χ1n) is 3.19. The summed E-state index contributed by atoms with van der Waals surface area (Å²) >= 11 is 0.918. The average Bonchev–Trinajstić information content (AvgIpc) is 2.29. The first kappa shape index (κ1) is 7.17. The molecule has 62 valence electrons. The van der Waals surface area contributed by atoms with Gasteiger partial charge in [-0.25, -0.2) is 4.79 Å². The van der Waals surface area contributed by atoms with Crippen molar-refractivity contribution in [3.05, 3.63) is 21.9 Å². The molecule has 0 bridgehead atoms. The predicted octanol–water partition coefficient (Wildman–Crippen LogP) is 1.14. The maximum Gasteiger partial charge on any atom is 0.396 e. The lowest BCUT2D eigenvalue weighted by Gasteiger charge is -1.94. The largest absolute Gasteiger partial charge is 0.508 e. The van der Waals surface area contributed by atoms with Crippen molar-refractivity contribution in [2.24, 2.45) is 0 Å². The maximum absolute atomic E-state index is 10.8. The highest BCUT2D eigenvalue weighted by molar-refractivity contribution is 7.16. The molecule has 2 rings (SSSR count). The lowest BCUT2D eigenvalue weighted by molar-refractivity contribution is 0.476. The van der Waals surface area contributed by atoms with Gasteiger partial charge in [0.25, 0.3) is 0 Å². The van der Waals surface area contributed by atoms with Crippen LogP contribution in [-0.2, 0) is 0 Å². The van der Waals surface area contributed by atoms with Gasteiger partial charge in [0.05, 0.1) is 10.4 Å². The van der Waals surface area contributed by atoms with Gasteiger partial charge in [0.1, 0.15) is 5.75 Å². The second kappa shape index (κ2) is 2.25. The minimum absolute atomic E-state index is 0.0389. The molecule has 2 aromatic rings. The van der Waals surface area contributed by atoms with Crippen molar-refractivity contribution in [3.63, 3.8) is 0 Å². The molecule has 5 heteroatoms. The summed E-state index contributed by atoms with van der Waals surface area (Å²) < 4.78 is 5.35. The number of benzene rings is 1. The molecule has 12 heavy (non-hydrogen) atoms. The zero-order chi connectivity index (χ0) is 8.72. The van der Waals surface area contributed by atoms with Gasteiger partial charge in [0.2, 0.25) is 0 Å². The second-order valence-corrected chi connectivity index (χ2v) is 3.29. The van der Waals surface area contributed by atoms with E-state index in [1.807, 2.05) is 0 Å². The summed E-state index contributed by atoms with van der Waals surface area (Å²) in [5.74, 6) is 0.0389. The summed E-state index contributed by atoms with van der Waals surface area (Å²) in [6, 6.07) is 2.79. The third-order valence-corrected chi connectivity index (χ3v) is 2.22. The molecular weight excluding hydrogens is 178 g/mol. The number of nitrogen functional groups attached to an aromatic ring is 1. The van der Waals surface area contributed by atoms with Gasteiger partial charge in [-0.2, -0.15) is 0 Å². The van der Waals surface area contributed by atoms with Crippen LogP contribution in [0.25, 0.3) is 10.3 Å². The Morgan fingerprint density at radius 2 is 2.25 bits per heavy atom. The van der Waals surface area contributed by atoms with Crippen molar-refractivity contribution in [2.75, 3.05) is 5.73 Å². The molecule has 0 aliphatic rings. The van der Waals surface area contributed by atoms with E-state index in [0.29, 0.717) is 10.3 Å². The number of anilines is 1. The summed E-state index contributed by atoms with van der Waals surface area (Å²) in [6.07, 6.45) is 0. The zero-order valence-corrected chi connectivity index (χ0v) is 6.72. The molecule has 0 unspecified atom stereocenters. The van der Waals surface area contributed by atoms with E-state index >= 15 is 0 Å². The molecule has 4 nitrogen and oxygen atoms in total. The van der Waals surface area contributed by atoms with Gasteiger partial charge < -0.3 is 15.3 Å². The highest BCUT2D eigenvalue weighted by Gasteiger charge is 2.06. The van der Waals surface area contributed by atoms with Crippen LogP contribution in [0.5, 0.6) is 5.75 Å². The van der Waals surface area contributed by atoms with E-state index in [2.05, 4.69) is 0 Å². The molecule has 1 heterocycles. The van der Waals surface area contributed by atoms with Crippen molar-refractivity contribution in [1.29, 1.82) is 0 Å². The summed E-state index contributed by atoms with van der Waals surface area (Å²) in [7, 11) is 0. The molecule has 0 amide bonds. The molecule has 0 saturated carbocycles. The summed E-state index contributed by atoms with van der Waals surface area (Å²) in [4.78, 5) is 10.4. The summed E-state index contributed by atoms with van der Waals surface area (Å²) in [5.41, 5.74) is 6.12. The van der Waals surface area contributed by atoms with Crippen molar-refractivity contribution >= 4 is 27.3 Å². The molecule has 1 aromatic heterocycles. The Bertz CT molecular complexity index is 485. The van der Waals surface area contributed by atoms with E-state index in [0.717, 1.165) is 11.3 Å². The van der Waals surface area contributed by atoms with Gasteiger partial charge in [0.15, 0.2) is 5.58 Å². The van der Waals surface area contributed by atoms with Gasteiger partial charge in [-0.3, -0.25) is 0 Å². The summed E-state index contributed by atoms with van der Waals surface area (Å²) in [5, 5.41) is 9.10. The molecule has 0 fully saturated rings. The smallest absolute Gasteiger partial charge is 0.396 e. The molecule has 3 N–H and O–H groups in total. The van der Waals surface area contributed by atoms with Crippen molar-refractivity contribution in [2.45, 2.75) is 0 Å². The SMILES string of the molecule is Nc1cc(O)cc2sc(=O)oc12. The maximum atomic E-state index is 10.8. The molecule has 0 saturated heterocycles. The summed E-state index contributed by atoms with van der Waals surface area (Å²) in [6.45, 7) is 0. The molecular formula is C7H5NO3S. The van der Waals surface area contributed by atoms with Crippen LogP contribution >= 0.6 is 11.3 Å². The van der Waals surface area contributed by atoms with Crippen molar-refractivity contribution < 1.29 is 9.52 Å². The zero-order valence-electron chi connectivity index (χ0n) is 5.90. The Morgan fingerprint density at radius 1 is 1.50 bits per heavy atom. The average molecular weight is 183 g/mol. The standard InChI is InChI=1S/C7H5NO3S/c8-4-1-3(9)2-5-6(4)11-7(10)12-5/h1-2,9H,8H2. The minimum Gasteiger partial charge on any atom is -0.508 e. The van der Waals surface area contributed by atoms with E-state index in [1.54, 1.807) is 0 Å². The number of phenolic OH excluding ortho intramolecular Hbond substituents is 1. The third kappa shape index (κ3) is 0.947. The molecule has 1 aromatic carbocycles. The Labute approximate surface area is 70.9 Å². The van der Waals surface area contributed by atoms with E-state index in [1.165, 1.54) is 12.1 Å². The third-order valence-electron chi connectivity index (χ3n) is 1.45. The highest BCUT2D eigenvalue weighted by atomic mass is 32.1. The lowest BCUT2D eigenvalue weighted by Crippen LogP contribution is -1.85. The lowest BCUT2D eigenvalue weighted by atomic mass is 10.3. The van der Waals surface area contributed by atoms with Gasteiger partial charge >= 0.3 is 4.94 Å². The first-order valence-corrected chi connectivity index (χ1v) is 4.00. The van der Waals surface area contributed by atoms with Crippen LogP contribution in [0.1, 0.15) is 0 Å². The molecule has 0 radical (unpaired) electrons. The molecule has 0 aliphatic heterocycles. The number of nitrogens with two attached hydrogens (primary N) is 1. The fourth-order valence-corrected chi connectivity index (χ4v) is 1.72. The Kier molecular flexibility index (Phi) is 1.34. The van der Waals surface area contributed by atoms with E-state index in [4.69, 9.17) is 15.3 Å². The van der Waals surface area contributed by atoms with Crippen LogP contribution in [0, 0.1) is 0 Å². The molecule has 0 atom stereocenters. The number of rotatable bonds is 0. The van der Waals surface area contributed by atoms with Gasteiger partial charge in [0, 0.05) is 12.1 Å². The fraction of sp³-hybridized carbons (Fsp3) is 0. The highest BCUT2D eigenvalue weighted by Crippen LogP contribution is 2.27. The number of phenols is 1. The van der Waals surface area contributed by atoms with E-state index < -0.39 is 4.94 Å². The Morgan fingerprint density at radius 3 is 3.00 bits per heavy atom. The number of hydrogen-bond donors (Lipinski definition) is 2. The Balaban J connectivity index is 2.97. The topological polar surface area (TPSA) is 76.5 Å². The van der Waals surface area contributed by atoms with E-state index in [-0.39, 0.29) is 11.4 Å². The minimum atomic E-state index is -0.415.